The van der Waals surface area contributed by atoms with Crippen molar-refractivity contribution in [3.63, 3.8) is 0 Å². The second kappa shape index (κ2) is 4.78. The lowest BCUT2D eigenvalue weighted by molar-refractivity contribution is 0.0633. The number of halogens is 1. The van der Waals surface area contributed by atoms with Crippen LogP contribution in [0, 0.1) is 0 Å². The van der Waals surface area contributed by atoms with Gasteiger partial charge in [0.05, 0.1) is 36.5 Å². The molecule has 0 bridgehead atoms. The van der Waals surface area contributed by atoms with Crippen molar-refractivity contribution < 1.29 is 9.47 Å². The van der Waals surface area contributed by atoms with Crippen LogP contribution in [0.4, 0.5) is 5.95 Å². The third kappa shape index (κ3) is 2.52. The lowest BCUT2D eigenvalue weighted by Crippen LogP contribution is -2.53. The predicted molar refractivity (Wildman–Crippen MR) is 68.5 cm³/mol. The van der Waals surface area contributed by atoms with Gasteiger partial charge in [0.25, 0.3) is 0 Å². The molecule has 0 aliphatic carbocycles. The molecule has 1 aliphatic rings. The fraction of sp³-hybridized carbons (Fsp3) is 0.636. The molecule has 0 amide bonds. The molecule has 5 nitrogen and oxygen atoms in total. The minimum absolute atomic E-state index is 0.100. The molecule has 0 radical (unpaired) electrons. The van der Waals surface area contributed by atoms with Crippen molar-refractivity contribution in [2.45, 2.75) is 19.4 Å². The monoisotopic (exact) mass is 301 g/mol. The Morgan fingerprint density at radius 3 is 2.94 bits per heavy atom. The molecule has 2 rings (SSSR count). The van der Waals surface area contributed by atoms with Crippen LogP contribution in [0.1, 0.15) is 13.8 Å². The van der Waals surface area contributed by atoms with E-state index in [1.54, 1.807) is 13.3 Å². The van der Waals surface area contributed by atoms with Gasteiger partial charge in [-0.05, 0) is 29.8 Å². The Morgan fingerprint density at radius 2 is 2.29 bits per heavy atom. The topological polar surface area (TPSA) is 47.5 Å². The highest BCUT2D eigenvalue weighted by Crippen LogP contribution is 2.28. The van der Waals surface area contributed by atoms with Crippen LogP contribution in [0.3, 0.4) is 0 Å². The number of hydrogen-bond donors (Lipinski definition) is 0. The molecule has 1 aromatic heterocycles. The van der Waals surface area contributed by atoms with E-state index in [2.05, 4.69) is 44.6 Å². The van der Waals surface area contributed by atoms with Gasteiger partial charge in [0.2, 0.25) is 11.8 Å². The molecule has 2 heterocycles. The van der Waals surface area contributed by atoms with Crippen molar-refractivity contribution in [2.75, 3.05) is 31.8 Å². The summed E-state index contributed by atoms with van der Waals surface area (Å²) in [5.74, 6) is 1.23. The van der Waals surface area contributed by atoms with Crippen LogP contribution in [-0.4, -0.2) is 42.4 Å². The first kappa shape index (κ1) is 12.6. The molecule has 94 valence electrons. The Morgan fingerprint density at radius 1 is 1.53 bits per heavy atom. The van der Waals surface area contributed by atoms with Crippen molar-refractivity contribution in [1.82, 2.24) is 9.97 Å². The van der Waals surface area contributed by atoms with Gasteiger partial charge in [-0.3, -0.25) is 0 Å². The van der Waals surface area contributed by atoms with E-state index >= 15 is 0 Å². The molecule has 17 heavy (non-hydrogen) atoms. The summed E-state index contributed by atoms with van der Waals surface area (Å²) in [4.78, 5) is 10.9. The second-order valence-electron chi connectivity index (χ2n) is 4.54. The number of nitrogens with zero attached hydrogens (tertiary/aromatic N) is 3. The van der Waals surface area contributed by atoms with Gasteiger partial charge in [0.1, 0.15) is 0 Å². The summed E-state index contributed by atoms with van der Waals surface area (Å²) >= 11 is 3.35. The van der Waals surface area contributed by atoms with Gasteiger partial charge in [0, 0.05) is 6.54 Å². The van der Waals surface area contributed by atoms with Crippen LogP contribution >= 0.6 is 15.9 Å². The summed E-state index contributed by atoms with van der Waals surface area (Å²) in [6.07, 6.45) is 1.71. The highest BCUT2D eigenvalue weighted by atomic mass is 79.9. The third-order valence-electron chi connectivity index (χ3n) is 2.78. The van der Waals surface area contributed by atoms with Crippen molar-refractivity contribution >= 4 is 21.9 Å². The number of rotatable bonds is 2. The van der Waals surface area contributed by atoms with E-state index in [1.807, 2.05) is 0 Å². The summed E-state index contributed by atoms with van der Waals surface area (Å²) in [7, 11) is 1.60. The van der Waals surface area contributed by atoms with Crippen LogP contribution in [0.5, 0.6) is 5.88 Å². The zero-order valence-electron chi connectivity index (χ0n) is 10.2. The minimum atomic E-state index is -0.100. The number of ether oxygens (including phenoxy) is 2. The van der Waals surface area contributed by atoms with E-state index in [0.717, 1.165) is 11.0 Å². The first-order valence-electron chi connectivity index (χ1n) is 5.46. The largest absolute Gasteiger partial charge is 0.480 e. The molecule has 0 saturated carbocycles. The van der Waals surface area contributed by atoms with Crippen molar-refractivity contribution in [3.05, 3.63) is 10.7 Å². The number of hydrogen-bond acceptors (Lipinski definition) is 5. The van der Waals surface area contributed by atoms with Crippen LogP contribution in [0.15, 0.2) is 10.7 Å². The van der Waals surface area contributed by atoms with Gasteiger partial charge in [-0.15, -0.1) is 0 Å². The van der Waals surface area contributed by atoms with E-state index in [-0.39, 0.29) is 5.54 Å². The van der Waals surface area contributed by atoms with Crippen molar-refractivity contribution in [1.29, 1.82) is 0 Å². The Hall–Kier alpha value is -0.880. The van der Waals surface area contributed by atoms with Crippen molar-refractivity contribution in [3.8, 4) is 5.88 Å². The number of anilines is 1. The van der Waals surface area contributed by atoms with Gasteiger partial charge in [0.15, 0.2) is 0 Å². The van der Waals surface area contributed by atoms with Gasteiger partial charge in [-0.25, -0.2) is 4.98 Å². The molecule has 0 aromatic carbocycles. The Balaban J connectivity index is 2.32. The van der Waals surface area contributed by atoms with E-state index in [0.29, 0.717) is 25.0 Å². The maximum Gasteiger partial charge on any atom is 0.232 e. The first-order valence-corrected chi connectivity index (χ1v) is 6.26. The maximum atomic E-state index is 5.48. The van der Waals surface area contributed by atoms with Gasteiger partial charge < -0.3 is 14.4 Å². The average molecular weight is 302 g/mol. The van der Waals surface area contributed by atoms with Gasteiger partial charge in [-0.1, -0.05) is 0 Å². The van der Waals surface area contributed by atoms with Crippen LogP contribution in [0.25, 0.3) is 0 Å². The van der Waals surface area contributed by atoms with Crippen molar-refractivity contribution in [2.24, 2.45) is 0 Å². The molecule has 0 spiro atoms. The zero-order valence-corrected chi connectivity index (χ0v) is 11.8. The maximum absolute atomic E-state index is 5.48. The molecule has 0 unspecified atom stereocenters. The van der Waals surface area contributed by atoms with E-state index < -0.39 is 0 Å². The Bertz CT molecular complexity index is 412. The average Bonchev–Trinajstić information content (AvgIpc) is 2.30. The Kier molecular flexibility index (Phi) is 3.53. The SMILES string of the molecule is COc1nc(N2CCOCC2(C)C)ncc1Br. The normalized spacial score (nSPS) is 19.2. The van der Waals surface area contributed by atoms with Crippen LogP contribution in [-0.2, 0) is 4.74 Å². The molecule has 0 atom stereocenters. The standard InChI is InChI=1S/C11H16BrN3O2/c1-11(2)7-17-5-4-15(11)10-13-6-8(12)9(14-10)16-3/h6H,4-5,7H2,1-3H3. The summed E-state index contributed by atoms with van der Waals surface area (Å²) in [5.41, 5.74) is -0.100. The van der Waals surface area contributed by atoms with E-state index in [4.69, 9.17) is 9.47 Å². The molecule has 1 saturated heterocycles. The van der Waals surface area contributed by atoms with E-state index in [9.17, 15) is 0 Å². The fourth-order valence-electron chi connectivity index (χ4n) is 1.84. The van der Waals surface area contributed by atoms with E-state index in [1.165, 1.54) is 0 Å². The molecule has 1 fully saturated rings. The summed E-state index contributed by atoms with van der Waals surface area (Å²) in [5, 5.41) is 0. The first-order chi connectivity index (χ1) is 8.04. The van der Waals surface area contributed by atoms with Gasteiger partial charge >= 0.3 is 0 Å². The smallest absolute Gasteiger partial charge is 0.232 e. The molecule has 1 aromatic rings. The molecule has 1 aliphatic heterocycles. The quantitative estimate of drug-likeness (QED) is 0.834. The lowest BCUT2D eigenvalue weighted by Gasteiger charge is -2.42. The molecule has 0 N–H and O–H groups in total. The van der Waals surface area contributed by atoms with Crippen LogP contribution in [0.2, 0.25) is 0 Å². The highest BCUT2D eigenvalue weighted by Gasteiger charge is 2.32. The number of morpholine rings is 1. The summed E-state index contributed by atoms with van der Waals surface area (Å²) in [6, 6.07) is 0. The second-order valence-corrected chi connectivity index (χ2v) is 5.40. The number of aromatic nitrogens is 2. The fourth-order valence-corrected chi connectivity index (χ4v) is 2.20. The molecular formula is C11H16BrN3O2. The summed E-state index contributed by atoms with van der Waals surface area (Å²) in [6.45, 7) is 6.39. The Labute approximate surface area is 109 Å². The lowest BCUT2D eigenvalue weighted by atomic mass is 10.0. The zero-order chi connectivity index (χ0) is 12.5. The summed E-state index contributed by atoms with van der Waals surface area (Å²) < 4.78 is 11.4. The van der Waals surface area contributed by atoms with Gasteiger partial charge in [-0.2, -0.15) is 4.98 Å². The molecular weight excluding hydrogens is 286 g/mol. The van der Waals surface area contributed by atoms with Crippen LogP contribution < -0.4 is 9.64 Å². The highest BCUT2D eigenvalue weighted by molar-refractivity contribution is 9.10. The third-order valence-corrected chi connectivity index (χ3v) is 3.32. The minimum Gasteiger partial charge on any atom is -0.480 e. The number of methoxy groups -OCH3 is 1. The molecule has 6 heteroatoms. The predicted octanol–water partition coefficient (Wildman–Crippen LogP) is 1.86.